The van der Waals surface area contributed by atoms with Gasteiger partial charge in [0, 0.05) is 24.7 Å². The second kappa shape index (κ2) is 11.3. The second-order valence-electron chi connectivity index (χ2n) is 12.9. The van der Waals surface area contributed by atoms with Crippen molar-refractivity contribution in [2.24, 2.45) is 11.3 Å². The van der Waals surface area contributed by atoms with Crippen LogP contribution in [0.5, 0.6) is 0 Å². The van der Waals surface area contributed by atoms with Crippen LogP contribution in [0.4, 0.5) is 14.9 Å². The Hall–Kier alpha value is -3.42. The van der Waals surface area contributed by atoms with E-state index in [0.29, 0.717) is 18.5 Å². The maximum absolute atomic E-state index is 14.6. The van der Waals surface area contributed by atoms with Gasteiger partial charge >= 0.3 is 12.0 Å². The number of halogens is 1. The van der Waals surface area contributed by atoms with Gasteiger partial charge in [-0.2, -0.15) is 0 Å². The third-order valence-corrected chi connectivity index (χ3v) is 10.7. The van der Waals surface area contributed by atoms with Crippen LogP contribution in [0.1, 0.15) is 75.8 Å². The van der Waals surface area contributed by atoms with E-state index in [9.17, 15) is 18.8 Å². The van der Waals surface area contributed by atoms with E-state index in [-0.39, 0.29) is 66.3 Å². The predicted molar refractivity (Wildman–Crippen MR) is 159 cm³/mol. The zero-order chi connectivity index (χ0) is 29.6. The summed E-state index contributed by atoms with van der Waals surface area (Å²) >= 11 is 0. The fraction of sp³-hybridized carbons (Fsp3) is 0.559. The predicted octanol–water partition coefficient (Wildman–Crippen LogP) is 5.92. The van der Waals surface area contributed by atoms with Gasteiger partial charge in [-0.15, -0.1) is 0 Å². The quantitative estimate of drug-likeness (QED) is 0.402. The van der Waals surface area contributed by atoms with Gasteiger partial charge in [-0.05, 0) is 85.8 Å². The molecule has 7 nitrogen and oxygen atoms in total. The fourth-order valence-corrected chi connectivity index (χ4v) is 8.50. The number of carbonyl (C=O) groups excluding carboxylic acids is 3. The molecular formula is C34H42FN3O4. The molecule has 3 aliphatic carbocycles. The van der Waals surface area contributed by atoms with Crippen LogP contribution in [0.2, 0.25) is 0 Å². The van der Waals surface area contributed by atoms with Crippen LogP contribution in [-0.2, 0) is 20.7 Å². The SMILES string of the molecule is CCOC(=O)CN1C(=O)N(c2ccc(F)cc2)[C@H]2CC3c4ccccc4C[C@]3(C)[C@@H](C(=O)N(C)C3CCCCC3)C[C@H]21. The minimum Gasteiger partial charge on any atom is -0.465 e. The molecule has 4 aliphatic rings. The molecule has 0 N–H and O–H groups in total. The van der Waals surface area contributed by atoms with E-state index >= 15 is 0 Å². The van der Waals surface area contributed by atoms with E-state index in [0.717, 1.165) is 32.1 Å². The minimum absolute atomic E-state index is 0.0516. The summed E-state index contributed by atoms with van der Waals surface area (Å²) in [7, 11) is 1.96. The molecule has 0 spiro atoms. The molecule has 2 aromatic carbocycles. The van der Waals surface area contributed by atoms with Crippen LogP contribution >= 0.6 is 0 Å². The maximum atomic E-state index is 14.6. The summed E-state index contributed by atoms with van der Waals surface area (Å²) in [5, 5.41) is 0. The number of hydrogen-bond donors (Lipinski definition) is 0. The molecule has 0 aromatic heterocycles. The van der Waals surface area contributed by atoms with E-state index in [2.05, 4.69) is 31.2 Å². The van der Waals surface area contributed by atoms with Gasteiger partial charge in [-0.25, -0.2) is 9.18 Å². The van der Waals surface area contributed by atoms with Crippen LogP contribution in [0.25, 0.3) is 0 Å². The van der Waals surface area contributed by atoms with Crippen molar-refractivity contribution in [3.63, 3.8) is 0 Å². The van der Waals surface area contributed by atoms with Gasteiger partial charge in [-0.3, -0.25) is 14.5 Å². The molecular weight excluding hydrogens is 533 g/mol. The standard InChI is InChI=1S/C34H42FN3O4/c1-4-42-31(39)21-37-29-19-28(32(40)36(3)24-11-6-5-7-12-24)34(2)20-22-10-8-9-13-26(22)27(34)18-30(29)38(33(37)41)25-16-14-23(35)15-17-25/h8-10,13-17,24,27-30H,4-7,11-12,18-21H2,1-3H3/t27?,28-,29-,30+,34+/m1/s1. The third-order valence-electron chi connectivity index (χ3n) is 10.7. The number of carbonyl (C=O) groups is 3. The first-order chi connectivity index (χ1) is 20.2. The molecule has 1 unspecified atom stereocenters. The van der Waals surface area contributed by atoms with Crippen LogP contribution in [-0.4, -0.2) is 66.0 Å². The van der Waals surface area contributed by atoms with Crippen molar-refractivity contribution in [3.8, 4) is 0 Å². The largest absolute Gasteiger partial charge is 0.465 e. The Morgan fingerprint density at radius 3 is 2.45 bits per heavy atom. The molecule has 6 rings (SSSR count). The summed E-state index contributed by atoms with van der Waals surface area (Å²) in [6.45, 7) is 4.05. The smallest absolute Gasteiger partial charge is 0.325 e. The van der Waals surface area contributed by atoms with Crippen molar-refractivity contribution in [2.75, 3.05) is 25.1 Å². The summed E-state index contributed by atoms with van der Waals surface area (Å²) in [6, 6.07) is 13.7. The molecule has 224 valence electrons. The molecule has 8 heteroatoms. The molecule has 2 saturated carbocycles. The number of anilines is 1. The number of nitrogens with zero attached hydrogens (tertiary/aromatic N) is 3. The number of rotatable bonds is 6. The number of hydrogen-bond acceptors (Lipinski definition) is 4. The highest BCUT2D eigenvalue weighted by atomic mass is 19.1. The van der Waals surface area contributed by atoms with Crippen LogP contribution in [0.3, 0.4) is 0 Å². The van der Waals surface area contributed by atoms with Gasteiger partial charge in [0.1, 0.15) is 12.4 Å². The molecule has 2 aromatic rings. The Labute approximate surface area is 248 Å². The summed E-state index contributed by atoms with van der Waals surface area (Å²) in [5.74, 6) is -0.974. The summed E-state index contributed by atoms with van der Waals surface area (Å²) in [6.07, 6.45) is 7.44. The van der Waals surface area contributed by atoms with E-state index < -0.39 is 5.97 Å². The molecule has 1 saturated heterocycles. The van der Waals surface area contributed by atoms with Gasteiger partial charge < -0.3 is 14.5 Å². The topological polar surface area (TPSA) is 70.2 Å². The first-order valence-electron chi connectivity index (χ1n) is 15.6. The molecule has 3 amide bonds. The summed E-state index contributed by atoms with van der Waals surface area (Å²) in [4.78, 5) is 46.9. The lowest BCUT2D eigenvalue weighted by atomic mass is 9.66. The fourth-order valence-electron chi connectivity index (χ4n) is 8.50. The average Bonchev–Trinajstić information content (AvgIpc) is 3.37. The highest BCUT2D eigenvalue weighted by molar-refractivity contribution is 5.97. The third kappa shape index (κ3) is 4.86. The Morgan fingerprint density at radius 1 is 1.02 bits per heavy atom. The zero-order valence-electron chi connectivity index (χ0n) is 24.9. The van der Waals surface area contributed by atoms with E-state index in [1.807, 2.05) is 11.9 Å². The van der Waals surface area contributed by atoms with Crippen molar-refractivity contribution in [2.45, 2.75) is 89.3 Å². The highest BCUT2D eigenvalue weighted by Gasteiger charge is 2.59. The van der Waals surface area contributed by atoms with E-state index in [4.69, 9.17) is 4.74 Å². The zero-order valence-corrected chi connectivity index (χ0v) is 24.9. The lowest BCUT2D eigenvalue weighted by molar-refractivity contribution is -0.144. The average molecular weight is 576 g/mol. The molecule has 1 aliphatic heterocycles. The van der Waals surface area contributed by atoms with Crippen molar-refractivity contribution in [3.05, 3.63) is 65.5 Å². The minimum atomic E-state index is -0.464. The number of amides is 3. The number of urea groups is 1. The van der Waals surface area contributed by atoms with E-state index in [1.165, 1.54) is 29.7 Å². The molecule has 3 fully saturated rings. The molecule has 1 heterocycles. The molecule has 0 bridgehead atoms. The monoisotopic (exact) mass is 575 g/mol. The normalized spacial score (nSPS) is 29.0. The van der Waals surface area contributed by atoms with Gasteiger partial charge in [0.2, 0.25) is 5.91 Å². The summed E-state index contributed by atoms with van der Waals surface area (Å²) < 4.78 is 19.2. The van der Waals surface area contributed by atoms with Gasteiger partial charge in [0.15, 0.2) is 0 Å². The first kappa shape index (κ1) is 28.7. The van der Waals surface area contributed by atoms with Crippen LogP contribution < -0.4 is 4.90 Å². The number of benzene rings is 2. The number of ether oxygens (including phenoxy) is 1. The van der Waals surface area contributed by atoms with Crippen molar-refractivity contribution in [1.29, 1.82) is 0 Å². The first-order valence-corrected chi connectivity index (χ1v) is 15.6. The van der Waals surface area contributed by atoms with Crippen LogP contribution in [0, 0.1) is 17.2 Å². The molecule has 42 heavy (non-hydrogen) atoms. The molecule has 5 atom stereocenters. The Morgan fingerprint density at radius 2 is 1.74 bits per heavy atom. The van der Waals surface area contributed by atoms with Crippen LogP contribution in [0.15, 0.2) is 48.5 Å². The Kier molecular flexibility index (Phi) is 7.75. The van der Waals surface area contributed by atoms with Gasteiger partial charge in [-0.1, -0.05) is 50.5 Å². The van der Waals surface area contributed by atoms with Gasteiger partial charge in [0.05, 0.1) is 18.7 Å². The second-order valence-corrected chi connectivity index (χ2v) is 12.9. The van der Waals surface area contributed by atoms with Gasteiger partial charge in [0.25, 0.3) is 0 Å². The Balaban J connectivity index is 1.44. The molecule has 0 radical (unpaired) electrons. The highest BCUT2D eigenvalue weighted by Crippen LogP contribution is 2.59. The number of esters is 1. The van der Waals surface area contributed by atoms with Crippen molar-refractivity contribution in [1.82, 2.24) is 9.80 Å². The lowest BCUT2D eigenvalue weighted by Crippen LogP contribution is -2.49. The Bertz CT molecular complexity index is 1340. The number of fused-ring (bicyclic) bond motifs is 4. The lowest BCUT2D eigenvalue weighted by Gasteiger charge is -2.42. The van der Waals surface area contributed by atoms with Crippen molar-refractivity contribution >= 4 is 23.6 Å². The van der Waals surface area contributed by atoms with Crippen molar-refractivity contribution < 1.29 is 23.5 Å². The van der Waals surface area contributed by atoms with E-state index in [1.54, 1.807) is 28.9 Å². The summed E-state index contributed by atoms with van der Waals surface area (Å²) in [5.41, 5.74) is 2.76. The maximum Gasteiger partial charge on any atom is 0.325 e.